The zero-order valence-corrected chi connectivity index (χ0v) is 9.59. The molecule has 1 heterocycles. The minimum absolute atomic E-state index is 0.763. The lowest BCUT2D eigenvalue weighted by atomic mass is 9.85. The van der Waals surface area contributed by atoms with Crippen LogP contribution in [0, 0.1) is 19.8 Å². The van der Waals surface area contributed by atoms with Crippen molar-refractivity contribution in [3.8, 4) is 0 Å². The van der Waals surface area contributed by atoms with E-state index in [1.165, 1.54) is 37.1 Å². The van der Waals surface area contributed by atoms with Gasteiger partial charge in [0.1, 0.15) is 0 Å². The zero-order chi connectivity index (χ0) is 10.1. The maximum atomic E-state index is 2.55. The molecule has 2 rings (SSSR count). The van der Waals surface area contributed by atoms with Crippen molar-refractivity contribution in [2.45, 2.75) is 52.5 Å². The normalized spacial score (nSPS) is 27.9. The van der Waals surface area contributed by atoms with E-state index in [9.17, 15) is 0 Å². The average Bonchev–Trinajstić information content (AvgIpc) is 2.48. The van der Waals surface area contributed by atoms with Crippen molar-refractivity contribution in [3.63, 3.8) is 0 Å². The number of hydrogen-bond donors (Lipinski definition) is 0. The van der Waals surface area contributed by atoms with E-state index in [0.717, 1.165) is 12.0 Å². The van der Waals surface area contributed by atoms with E-state index in [1.54, 1.807) is 0 Å². The lowest BCUT2D eigenvalue weighted by Gasteiger charge is -2.32. The molecule has 2 atom stereocenters. The first-order chi connectivity index (χ1) is 6.70. The first kappa shape index (κ1) is 9.82. The molecule has 78 valence electrons. The summed E-state index contributed by atoms with van der Waals surface area (Å²) in [5.41, 5.74) is 2.86. The predicted octanol–water partition coefficient (Wildman–Crippen LogP) is 3.86. The topological polar surface area (TPSA) is 4.93 Å². The Hall–Kier alpha value is -0.720. The Balaban J connectivity index is 2.28. The molecular formula is C13H21N. The molecule has 0 aliphatic heterocycles. The van der Waals surface area contributed by atoms with Gasteiger partial charge in [0.2, 0.25) is 0 Å². The summed E-state index contributed by atoms with van der Waals surface area (Å²) in [7, 11) is 0. The molecule has 1 fully saturated rings. The highest BCUT2D eigenvalue weighted by atomic mass is 15.0. The average molecular weight is 191 g/mol. The second kappa shape index (κ2) is 3.80. The summed E-state index contributed by atoms with van der Waals surface area (Å²) in [5.74, 6) is 0.855. The van der Waals surface area contributed by atoms with Gasteiger partial charge in [-0.05, 0) is 44.7 Å². The van der Waals surface area contributed by atoms with Crippen molar-refractivity contribution in [2.75, 3.05) is 0 Å². The smallest absolute Gasteiger partial charge is 0.0361 e. The molecule has 1 aromatic rings. The van der Waals surface area contributed by atoms with Crippen molar-refractivity contribution < 1.29 is 0 Å². The van der Waals surface area contributed by atoms with Crippen molar-refractivity contribution in [1.29, 1.82) is 0 Å². The summed E-state index contributed by atoms with van der Waals surface area (Å²) >= 11 is 0. The van der Waals surface area contributed by atoms with E-state index in [0.29, 0.717) is 0 Å². The minimum atomic E-state index is 0.763. The molecule has 0 spiro atoms. The van der Waals surface area contributed by atoms with Crippen LogP contribution < -0.4 is 0 Å². The second-order valence-electron chi connectivity index (χ2n) is 4.82. The van der Waals surface area contributed by atoms with E-state index in [-0.39, 0.29) is 0 Å². The van der Waals surface area contributed by atoms with Crippen LogP contribution in [0.3, 0.4) is 0 Å². The molecule has 14 heavy (non-hydrogen) atoms. The highest BCUT2D eigenvalue weighted by molar-refractivity contribution is 5.15. The fourth-order valence-corrected chi connectivity index (χ4v) is 2.88. The van der Waals surface area contributed by atoms with Crippen molar-refractivity contribution >= 4 is 0 Å². The Labute approximate surface area is 87.1 Å². The van der Waals surface area contributed by atoms with Crippen LogP contribution in [-0.2, 0) is 0 Å². The fraction of sp³-hybridized carbons (Fsp3) is 0.692. The molecule has 0 bridgehead atoms. The predicted molar refractivity (Wildman–Crippen MR) is 60.6 cm³/mol. The first-order valence-electron chi connectivity index (χ1n) is 5.84. The Bertz CT molecular complexity index is 292. The zero-order valence-electron chi connectivity index (χ0n) is 9.59. The maximum absolute atomic E-state index is 2.55. The third-order valence-electron chi connectivity index (χ3n) is 3.72. The monoisotopic (exact) mass is 191 g/mol. The van der Waals surface area contributed by atoms with Gasteiger partial charge in [0.15, 0.2) is 0 Å². The van der Waals surface area contributed by atoms with Crippen molar-refractivity contribution in [1.82, 2.24) is 4.57 Å². The van der Waals surface area contributed by atoms with Crippen LogP contribution in [0.15, 0.2) is 12.1 Å². The Morgan fingerprint density at radius 1 is 1.07 bits per heavy atom. The van der Waals surface area contributed by atoms with Gasteiger partial charge in [-0.3, -0.25) is 0 Å². The number of nitrogens with zero attached hydrogens (tertiary/aromatic N) is 1. The van der Waals surface area contributed by atoms with Crippen LogP contribution in [0.1, 0.15) is 50.0 Å². The molecule has 1 heteroatoms. The first-order valence-corrected chi connectivity index (χ1v) is 5.84. The van der Waals surface area contributed by atoms with Gasteiger partial charge in [0.05, 0.1) is 0 Å². The van der Waals surface area contributed by atoms with Crippen LogP contribution in [0.2, 0.25) is 0 Å². The minimum Gasteiger partial charge on any atom is -0.346 e. The summed E-state index contributed by atoms with van der Waals surface area (Å²) in [6.07, 6.45) is 5.61. The highest BCUT2D eigenvalue weighted by Crippen LogP contribution is 2.35. The second-order valence-corrected chi connectivity index (χ2v) is 4.82. The van der Waals surface area contributed by atoms with Crippen LogP contribution in [-0.4, -0.2) is 4.57 Å². The third-order valence-corrected chi connectivity index (χ3v) is 3.72. The number of aromatic nitrogens is 1. The van der Waals surface area contributed by atoms with E-state index in [4.69, 9.17) is 0 Å². The van der Waals surface area contributed by atoms with Crippen LogP contribution in [0.25, 0.3) is 0 Å². The molecule has 1 nitrogen and oxygen atoms in total. The van der Waals surface area contributed by atoms with Crippen LogP contribution >= 0.6 is 0 Å². The van der Waals surface area contributed by atoms with Crippen molar-refractivity contribution in [3.05, 3.63) is 23.5 Å². The number of rotatable bonds is 1. The van der Waals surface area contributed by atoms with Crippen LogP contribution in [0.4, 0.5) is 0 Å². The van der Waals surface area contributed by atoms with Crippen LogP contribution in [0.5, 0.6) is 0 Å². The molecule has 1 aliphatic rings. The van der Waals surface area contributed by atoms with Gasteiger partial charge in [-0.25, -0.2) is 0 Å². The molecular weight excluding hydrogens is 170 g/mol. The lowest BCUT2D eigenvalue weighted by Crippen LogP contribution is -2.22. The lowest BCUT2D eigenvalue weighted by molar-refractivity contribution is 0.252. The number of hydrogen-bond acceptors (Lipinski definition) is 0. The molecule has 0 amide bonds. The summed E-state index contributed by atoms with van der Waals surface area (Å²) in [4.78, 5) is 0. The quantitative estimate of drug-likeness (QED) is 0.635. The van der Waals surface area contributed by atoms with Gasteiger partial charge >= 0.3 is 0 Å². The van der Waals surface area contributed by atoms with E-state index in [1.807, 2.05) is 0 Å². The van der Waals surface area contributed by atoms with Gasteiger partial charge in [0, 0.05) is 17.4 Å². The van der Waals surface area contributed by atoms with Gasteiger partial charge < -0.3 is 4.57 Å². The largest absolute Gasteiger partial charge is 0.346 e. The van der Waals surface area contributed by atoms with Gasteiger partial charge in [-0.2, -0.15) is 0 Å². The van der Waals surface area contributed by atoms with E-state index >= 15 is 0 Å². The molecule has 1 aromatic heterocycles. The summed E-state index contributed by atoms with van der Waals surface area (Å²) in [5, 5.41) is 0. The molecule has 0 aromatic carbocycles. The Morgan fingerprint density at radius 3 is 2.21 bits per heavy atom. The fourth-order valence-electron chi connectivity index (χ4n) is 2.88. The van der Waals surface area contributed by atoms with Gasteiger partial charge in [0.25, 0.3) is 0 Å². The summed E-state index contributed by atoms with van der Waals surface area (Å²) in [6, 6.07) is 5.26. The summed E-state index contributed by atoms with van der Waals surface area (Å²) in [6.45, 7) is 6.87. The molecule has 2 unspecified atom stereocenters. The Kier molecular flexibility index (Phi) is 2.66. The summed E-state index contributed by atoms with van der Waals surface area (Å²) < 4.78 is 2.55. The highest BCUT2D eigenvalue weighted by Gasteiger charge is 2.24. The van der Waals surface area contributed by atoms with E-state index in [2.05, 4.69) is 37.5 Å². The molecule has 0 radical (unpaired) electrons. The Morgan fingerprint density at radius 2 is 1.64 bits per heavy atom. The van der Waals surface area contributed by atoms with Crippen molar-refractivity contribution in [2.24, 2.45) is 5.92 Å². The van der Waals surface area contributed by atoms with Gasteiger partial charge in [-0.1, -0.05) is 19.8 Å². The van der Waals surface area contributed by atoms with Gasteiger partial charge in [-0.15, -0.1) is 0 Å². The molecule has 0 saturated heterocycles. The maximum Gasteiger partial charge on any atom is 0.0361 e. The van der Waals surface area contributed by atoms with E-state index < -0.39 is 0 Å². The SMILES string of the molecule is Cc1ccc(C)n1C1CCCCC1C. The standard InChI is InChI=1S/C13H21N/c1-10-6-4-5-7-13(10)14-11(2)8-9-12(14)3/h8-10,13H,4-7H2,1-3H3. The molecule has 1 aliphatic carbocycles. The molecule has 0 N–H and O–H groups in total. The number of aryl methyl sites for hydroxylation is 2. The molecule has 1 saturated carbocycles. The third kappa shape index (κ3) is 1.60.